The maximum absolute atomic E-state index is 11.9. The molecule has 1 aromatic rings. The summed E-state index contributed by atoms with van der Waals surface area (Å²) >= 11 is 0. The molecule has 0 bridgehead atoms. The molecule has 1 aromatic heterocycles. The monoisotopic (exact) mass is 251 g/mol. The summed E-state index contributed by atoms with van der Waals surface area (Å²) in [4.78, 5) is 15.9. The van der Waals surface area contributed by atoms with Crippen LogP contribution in [0.15, 0.2) is 18.3 Å². The van der Waals surface area contributed by atoms with Gasteiger partial charge in [-0.1, -0.05) is 13.3 Å². The van der Waals surface area contributed by atoms with Crippen LogP contribution in [0.1, 0.15) is 35.8 Å². The van der Waals surface area contributed by atoms with Crippen LogP contribution >= 0.6 is 0 Å². The molecule has 0 fully saturated rings. The molecule has 5 nitrogen and oxygen atoms in total. The highest BCUT2D eigenvalue weighted by Crippen LogP contribution is 2.07. The second-order valence-electron chi connectivity index (χ2n) is 4.24. The highest BCUT2D eigenvalue weighted by atomic mass is 16.3. The molecule has 0 saturated heterocycles. The Kier molecular flexibility index (Phi) is 6.32. The van der Waals surface area contributed by atoms with Crippen molar-refractivity contribution >= 4 is 5.91 Å². The van der Waals surface area contributed by atoms with Crippen LogP contribution < -0.4 is 11.1 Å². The molecule has 0 spiro atoms. The number of rotatable bonds is 7. The zero-order valence-corrected chi connectivity index (χ0v) is 10.7. The zero-order valence-electron chi connectivity index (χ0n) is 10.7. The van der Waals surface area contributed by atoms with Crippen LogP contribution in [0.3, 0.4) is 0 Å². The van der Waals surface area contributed by atoms with Crippen molar-refractivity contribution in [2.24, 2.45) is 11.7 Å². The summed E-state index contributed by atoms with van der Waals surface area (Å²) in [6.45, 7) is 3.10. The van der Waals surface area contributed by atoms with E-state index in [4.69, 9.17) is 10.8 Å². The Morgan fingerprint density at radius 1 is 1.61 bits per heavy atom. The van der Waals surface area contributed by atoms with Crippen LogP contribution in [0.2, 0.25) is 0 Å². The van der Waals surface area contributed by atoms with Gasteiger partial charge in [0.25, 0.3) is 5.91 Å². The number of amides is 1. The minimum absolute atomic E-state index is 0.122. The van der Waals surface area contributed by atoms with Gasteiger partial charge in [-0.3, -0.25) is 9.78 Å². The van der Waals surface area contributed by atoms with Crippen LogP contribution in [-0.2, 0) is 6.54 Å². The lowest BCUT2D eigenvalue weighted by molar-refractivity contribution is 0.0943. The second kappa shape index (κ2) is 7.79. The molecule has 1 amide bonds. The van der Waals surface area contributed by atoms with E-state index in [-0.39, 0.29) is 12.5 Å². The molecule has 5 heteroatoms. The number of nitrogens with two attached hydrogens (primary N) is 1. The Morgan fingerprint density at radius 3 is 3.00 bits per heavy atom. The minimum atomic E-state index is -0.122. The number of aliphatic hydroxyl groups excluding tert-OH is 1. The number of aliphatic hydroxyl groups is 1. The lowest BCUT2D eigenvalue weighted by atomic mass is 10.0. The Bertz CT molecular complexity index is 382. The van der Waals surface area contributed by atoms with Crippen LogP contribution in [0.4, 0.5) is 0 Å². The highest BCUT2D eigenvalue weighted by molar-refractivity contribution is 5.94. The number of pyridine rings is 1. The molecule has 0 aliphatic heterocycles. The first kappa shape index (κ1) is 14.6. The van der Waals surface area contributed by atoms with Gasteiger partial charge in [0.1, 0.15) is 0 Å². The van der Waals surface area contributed by atoms with Gasteiger partial charge in [0.2, 0.25) is 0 Å². The lowest BCUT2D eigenvalue weighted by Crippen LogP contribution is -2.29. The number of nitrogens with zero attached hydrogens (tertiary/aromatic N) is 1. The summed E-state index contributed by atoms with van der Waals surface area (Å²) in [5.74, 6) is 0.193. The smallest absolute Gasteiger partial charge is 0.251 e. The van der Waals surface area contributed by atoms with Crippen molar-refractivity contribution in [3.63, 3.8) is 0 Å². The Hall–Kier alpha value is -1.46. The summed E-state index contributed by atoms with van der Waals surface area (Å²) in [6.07, 6.45) is 3.23. The van der Waals surface area contributed by atoms with Gasteiger partial charge in [0.05, 0.1) is 5.69 Å². The lowest BCUT2D eigenvalue weighted by Gasteiger charge is -2.14. The van der Waals surface area contributed by atoms with Crippen LogP contribution in [0.25, 0.3) is 0 Å². The van der Waals surface area contributed by atoms with E-state index in [0.29, 0.717) is 36.7 Å². The van der Waals surface area contributed by atoms with Gasteiger partial charge in [0, 0.05) is 31.5 Å². The van der Waals surface area contributed by atoms with E-state index in [9.17, 15) is 4.79 Å². The van der Waals surface area contributed by atoms with Gasteiger partial charge in [-0.25, -0.2) is 0 Å². The number of hydrogen-bond acceptors (Lipinski definition) is 4. The van der Waals surface area contributed by atoms with E-state index in [2.05, 4.69) is 10.3 Å². The summed E-state index contributed by atoms with van der Waals surface area (Å²) in [7, 11) is 0. The Labute approximate surface area is 107 Å². The van der Waals surface area contributed by atoms with Crippen molar-refractivity contribution < 1.29 is 9.90 Å². The van der Waals surface area contributed by atoms with Crippen molar-refractivity contribution in [1.29, 1.82) is 0 Å². The van der Waals surface area contributed by atoms with E-state index in [1.54, 1.807) is 18.3 Å². The fourth-order valence-electron chi connectivity index (χ4n) is 1.70. The molecule has 0 radical (unpaired) electrons. The van der Waals surface area contributed by atoms with E-state index in [1.807, 2.05) is 6.92 Å². The van der Waals surface area contributed by atoms with Crippen molar-refractivity contribution in [3.05, 3.63) is 29.6 Å². The van der Waals surface area contributed by atoms with Gasteiger partial charge in [0.15, 0.2) is 0 Å². The van der Waals surface area contributed by atoms with Gasteiger partial charge in [-0.15, -0.1) is 0 Å². The summed E-state index contributed by atoms with van der Waals surface area (Å²) < 4.78 is 0. The van der Waals surface area contributed by atoms with Gasteiger partial charge < -0.3 is 16.2 Å². The number of hydrogen-bond donors (Lipinski definition) is 3. The van der Waals surface area contributed by atoms with Crippen LogP contribution in [0.5, 0.6) is 0 Å². The van der Waals surface area contributed by atoms with Crippen LogP contribution in [0, 0.1) is 5.92 Å². The average Bonchev–Trinajstić information content (AvgIpc) is 2.43. The second-order valence-corrected chi connectivity index (χ2v) is 4.24. The fraction of sp³-hybridized carbons (Fsp3) is 0.538. The highest BCUT2D eigenvalue weighted by Gasteiger charge is 2.10. The van der Waals surface area contributed by atoms with E-state index in [0.717, 1.165) is 6.42 Å². The third kappa shape index (κ3) is 4.43. The Morgan fingerprint density at radius 2 is 2.39 bits per heavy atom. The topological polar surface area (TPSA) is 88.2 Å². The molecule has 0 aliphatic rings. The zero-order chi connectivity index (χ0) is 13.4. The van der Waals surface area contributed by atoms with Crippen molar-refractivity contribution in [1.82, 2.24) is 10.3 Å². The SMILES string of the molecule is CCC(CCO)CNC(=O)c1ccnc(CN)c1. The molecule has 0 aliphatic carbocycles. The fourth-order valence-corrected chi connectivity index (χ4v) is 1.70. The van der Waals surface area contributed by atoms with E-state index < -0.39 is 0 Å². The predicted molar refractivity (Wildman–Crippen MR) is 69.9 cm³/mol. The number of carbonyl (C=O) groups excluding carboxylic acids is 1. The average molecular weight is 251 g/mol. The number of carbonyl (C=O) groups is 1. The standard InChI is InChI=1S/C13H21N3O2/c1-2-10(4-6-17)9-16-13(18)11-3-5-15-12(7-11)8-14/h3,5,7,10,17H,2,4,6,8-9,14H2,1H3,(H,16,18). The Balaban J connectivity index is 2.53. The predicted octanol–water partition coefficient (Wildman–Crippen LogP) is 0.679. The first-order valence-corrected chi connectivity index (χ1v) is 6.25. The minimum Gasteiger partial charge on any atom is -0.396 e. The van der Waals surface area contributed by atoms with E-state index >= 15 is 0 Å². The molecule has 0 aromatic carbocycles. The third-order valence-corrected chi connectivity index (χ3v) is 2.95. The molecule has 1 heterocycles. The summed E-state index contributed by atoms with van der Waals surface area (Å²) in [5, 5.41) is 11.8. The van der Waals surface area contributed by atoms with Gasteiger partial charge >= 0.3 is 0 Å². The molecule has 0 saturated carbocycles. The molecule has 100 valence electrons. The first-order valence-electron chi connectivity index (χ1n) is 6.25. The van der Waals surface area contributed by atoms with Crippen LogP contribution in [-0.4, -0.2) is 29.1 Å². The summed E-state index contributed by atoms with van der Waals surface area (Å²) in [5.41, 5.74) is 6.75. The molecule has 18 heavy (non-hydrogen) atoms. The summed E-state index contributed by atoms with van der Waals surface area (Å²) in [6, 6.07) is 3.36. The quantitative estimate of drug-likeness (QED) is 0.665. The van der Waals surface area contributed by atoms with Gasteiger partial charge in [-0.05, 0) is 24.5 Å². The molecule has 1 atom stereocenters. The van der Waals surface area contributed by atoms with Crippen molar-refractivity contribution in [2.75, 3.05) is 13.2 Å². The number of nitrogens with one attached hydrogen (secondary N) is 1. The van der Waals surface area contributed by atoms with E-state index in [1.165, 1.54) is 0 Å². The normalized spacial score (nSPS) is 12.2. The maximum Gasteiger partial charge on any atom is 0.251 e. The molecular weight excluding hydrogens is 230 g/mol. The van der Waals surface area contributed by atoms with Gasteiger partial charge in [-0.2, -0.15) is 0 Å². The molecule has 1 rings (SSSR count). The first-order chi connectivity index (χ1) is 8.71. The van der Waals surface area contributed by atoms with Crippen molar-refractivity contribution in [3.8, 4) is 0 Å². The molecular formula is C13H21N3O2. The molecule has 4 N–H and O–H groups in total. The third-order valence-electron chi connectivity index (χ3n) is 2.95. The van der Waals surface area contributed by atoms with Crippen molar-refractivity contribution in [2.45, 2.75) is 26.3 Å². The largest absolute Gasteiger partial charge is 0.396 e. The maximum atomic E-state index is 11.9. The number of aromatic nitrogens is 1. The molecule has 1 unspecified atom stereocenters.